The SMILES string of the molecule is CCC(C)(CC)NC(=O)c1ccc(C(=O)c2ccc(C(=O)[NH2+]c3ccc(C4(c5ccc(C(C)(CC)CC)cc5)c5ccccc5-c5c(C(=O)OC)cccc54)cc3)c(C=O)c2)cc1C=O. The fourth-order valence-corrected chi connectivity index (χ4v) is 9.21. The van der Waals surface area contributed by atoms with Gasteiger partial charge in [0.2, 0.25) is 0 Å². The second-order valence-electron chi connectivity index (χ2n) is 17.4. The quantitative estimate of drug-likeness (QED) is 0.0427. The maximum Gasteiger partial charge on any atom is 0.348 e. The van der Waals surface area contributed by atoms with Gasteiger partial charge >= 0.3 is 11.9 Å². The summed E-state index contributed by atoms with van der Waals surface area (Å²) in [5.41, 5.74) is 7.39. The van der Waals surface area contributed by atoms with Crippen molar-refractivity contribution in [3.05, 3.63) is 194 Å². The third-order valence-corrected chi connectivity index (χ3v) is 14.1. The third-order valence-electron chi connectivity index (χ3n) is 14.1. The van der Waals surface area contributed by atoms with Crippen molar-refractivity contribution in [1.29, 1.82) is 0 Å². The molecular weight excluding hydrogens is 813 g/mol. The van der Waals surface area contributed by atoms with Crippen LogP contribution < -0.4 is 10.6 Å². The highest BCUT2D eigenvalue weighted by Gasteiger charge is 2.47. The molecule has 1 unspecified atom stereocenters. The Bertz CT molecular complexity index is 2830. The maximum absolute atomic E-state index is 13.9. The van der Waals surface area contributed by atoms with Gasteiger partial charge in [0.25, 0.3) is 5.91 Å². The first kappa shape index (κ1) is 45.9. The Balaban J connectivity index is 1.21. The van der Waals surface area contributed by atoms with Crippen LogP contribution in [0.1, 0.15) is 163 Å². The molecule has 0 bridgehead atoms. The van der Waals surface area contributed by atoms with Crippen molar-refractivity contribution < 1.29 is 38.8 Å². The number of esters is 1. The van der Waals surface area contributed by atoms with Crippen LogP contribution in [0.3, 0.4) is 0 Å². The molecule has 6 aromatic carbocycles. The third kappa shape index (κ3) is 8.17. The molecule has 0 heterocycles. The fourth-order valence-electron chi connectivity index (χ4n) is 9.21. The number of rotatable bonds is 16. The van der Waals surface area contributed by atoms with E-state index < -0.39 is 34.5 Å². The zero-order chi connectivity index (χ0) is 46.7. The van der Waals surface area contributed by atoms with Crippen LogP contribution >= 0.6 is 0 Å². The lowest BCUT2D eigenvalue weighted by Gasteiger charge is -2.35. The zero-order valence-electron chi connectivity index (χ0n) is 38.0. The van der Waals surface area contributed by atoms with Gasteiger partial charge in [0.15, 0.2) is 18.4 Å². The van der Waals surface area contributed by atoms with Gasteiger partial charge in [-0.25, -0.2) is 14.9 Å². The number of carbonyl (C=O) groups is 6. The van der Waals surface area contributed by atoms with Crippen molar-refractivity contribution in [1.82, 2.24) is 5.32 Å². The highest BCUT2D eigenvalue weighted by Crippen LogP contribution is 2.57. The van der Waals surface area contributed by atoms with Crippen molar-refractivity contribution in [3.63, 3.8) is 0 Å². The Hall–Kier alpha value is -7.10. The number of primary amides is 1. The number of nitrogens with two attached hydrogens (primary N) is 1. The molecule has 0 aliphatic heterocycles. The van der Waals surface area contributed by atoms with E-state index in [0.29, 0.717) is 36.7 Å². The number of methoxy groups -OCH3 is 1. The molecule has 0 fully saturated rings. The van der Waals surface area contributed by atoms with Crippen LogP contribution in [-0.2, 0) is 15.6 Å². The van der Waals surface area contributed by atoms with Crippen molar-refractivity contribution in [2.45, 2.75) is 83.6 Å². The number of amides is 2. The monoisotopic (exact) mass is 867 g/mol. The number of ketones is 1. The molecule has 65 heavy (non-hydrogen) atoms. The molecule has 0 aromatic heterocycles. The molecule has 1 aliphatic rings. The lowest BCUT2D eigenvalue weighted by molar-refractivity contribution is -0.464. The maximum atomic E-state index is 13.9. The van der Waals surface area contributed by atoms with Gasteiger partial charge in [-0.1, -0.05) is 120 Å². The van der Waals surface area contributed by atoms with Gasteiger partial charge in [-0.15, -0.1) is 0 Å². The van der Waals surface area contributed by atoms with E-state index in [4.69, 9.17) is 4.74 Å². The van der Waals surface area contributed by atoms with Gasteiger partial charge < -0.3 is 10.1 Å². The molecule has 1 aliphatic carbocycles. The minimum Gasteiger partial charge on any atom is -0.465 e. The van der Waals surface area contributed by atoms with Crippen molar-refractivity contribution in [2.75, 3.05) is 7.11 Å². The molecule has 9 heteroatoms. The molecule has 0 spiro atoms. The topological polar surface area (TPSA) is 140 Å². The second kappa shape index (κ2) is 18.6. The van der Waals surface area contributed by atoms with E-state index in [0.717, 1.165) is 46.2 Å². The largest absolute Gasteiger partial charge is 0.465 e. The number of hydrogen-bond acceptors (Lipinski definition) is 7. The Morgan fingerprint density at radius 2 is 1.18 bits per heavy atom. The molecule has 3 N–H and O–H groups in total. The molecule has 2 amide bonds. The Morgan fingerprint density at radius 1 is 0.631 bits per heavy atom. The predicted octanol–water partition coefficient (Wildman–Crippen LogP) is 10.1. The van der Waals surface area contributed by atoms with Crippen LogP contribution in [0.25, 0.3) is 11.1 Å². The molecule has 0 saturated carbocycles. The molecule has 0 radical (unpaired) electrons. The molecule has 6 aromatic rings. The Labute approximate surface area is 380 Å². The number of fused-ring (bicyclic) bond motifs is 3. The number of aldehydes is 2. The van der Waals surface area contributed by atoms with E-state index in [1.165, 1.54) is 54.4 Å². The first-order chi connectivity index (χ1) is 31.3. The van der Waals surface area contributed by atoms with Crippen molar-refractivity contribution in [2.24, 2.45) is 0 Å². The van der Waals surface area contributed by atoms with Crippen LogP contribution in [-0.4, -0.2) is 48.8 Å². The van der Waals surface area contributed by atoms with Crippen LogP contribution in [0.5, 0.6) is 0 Å². The van der Waals surface area contributed by atoms with E-state index >= 15 is 0 Å². The van der Waals surface area contributed by atoms with E-state index in [1.54, 1.807) is 6.07 Å². The van der Waals surface area contributed by atoms with Crippen molar-refractivity contribution in [3.8, 4) is 11.1 Å². The number of carbonyl (C=O) groups excluding carboxylic acids is 6. The lowest BCUT2D eigenvalue weighted by atomic mass is 9.67. The summed E-state index contributed by atoms with van der Waals surface area (Å²) in [5, 5.41) is 4.45. The van der Waals surface area contributed by atoms with Crippen LogP contribution in [0.4, 0.5) is 5.69 Å². The highest BCUT2D eigenvalue weighted by molar-refractivity contribution is 6.12. The van der Waals surface area contributed by atoms with Gasteiger partial charge in [0, 0.05) is 38.9 Å². The smallest absolute Gasteiger partial charge is 0.348 e. The Morgan fingerprint density at radius 3 is 1.75 bits per heavy atom. The minimum absolute atomic E-state index is 0.0121. The number of ether oxygens (including phenoxy) is 1. The van der Waals surface area contributed by atoms with Crippen molar-refractivity contribution >= 4 is 41.8 Å². The fraction of sp³-hybridized carbons (Fsp3) is 0.250. The van der Waals surface area contributed by atoms with Gasteiger partial charge in [-0.3, -0.25) is 19.2 Å². The number of benzene rings is 6. The number of hydrogen-bond donors (Lipinski definition) is 2. The standard InChI is InChI=1S/C56H54N2O7/c1-8-54(5,9-2)39-21-23-40(24-22-39)56(47-17-13-12-15-45(47)49-46(53(64)65-7)16-14-18-48(49)56)41-25-27-42(28-26-41)57-51(62)43-29-19-35(31-37(43)33-59)50(61)36-20-30-44(38(32-36)34-60)52(63)58-55(6,10-3)11-4/h12-34H,8-11H2,1-7H3,(H,57,62)(H,58,63)/p+1. The summed E-state index contributed by atoms with van der Waals surface area (Å²) in [6.07, 6.45) is 4.47. The molecule has 1 atom stereocenters. The van der Waals surface area contributed by atoms with E-state index in [2.05, 4.69) is 62.5 Å². The number of nitrogens with one attached hydrogen (secondary N) is 1. The van der Waals surface area contributed by atoms with Gasteiger partial charge in [-0.2, -0.15) is 0 Å². The average Bonchev–Trinajstić information content (AvgIpc) is 3.66. The van der Waals surface area contributed by atoms with Crippen LogP contribution in [0.15, 0.2) is 127 Å². The molecule has 9 nitrogen and oxygen atoms in total. The summed E-state index contributed by atoms with van der Waals surface area (Å²) >= 11 is 0. The first-order valence-electron chi connectivity index (χ1n) is 22.2. The highest BCUT2D eigenvalue weighted by atomic mass is 16.5. The van der Waals surface area contributed by atoms with E-state index in [9.17, 15) is 28.8 Å². The Kier molecular flexibility index (Phi) is 13.1. The predicted molar refractivity (Wildman–Crippen MR) is 252 cm³/mol. The van der Waals surface area contributed by atoms with E-state index in [1.807, 2.05) is 69.3 Å². The summed E-state index contributed by atoms with van der Waals surface area (Å²) < 4.78 is 5.28. The molecular formula is C56H55N2O7+. The van der Waals surface area contributed by atoms with Crippen LogP contribution in [0, 0.1) is 0 Å². The minimum atomic E-state index is -0.830. The number of quaternary nitrogens is 1. The molecule has 330 valence electrons. The summed E-state index contributed by atoms with van der Waals surface area (Å²) in [7, 11) is 1.39. The second-order valence-corrected chi connectivity index (χ2v) is 17.4. The van der Waals surface area contributed by atoms with Gasteiger partial charge in [0.1, 0.15) is 5.69 Å². The summed E-state index contributed by atoms with van der Waals surface area (Å²) in [4.78, 5) is 78.5. The summed E-state index contributed by atoms with van der Waals surface area (Å²) in [6, 6.07) is 39.1. The molecule has 0 saturated heterocycles. The zero-order valence-corrected chi connectivity index (χ0v) is 38.0. The average molecular weight is 868 g/mol. The first-order valence-corrected chi connectivity index (χ1v) is 22.2. The van der Waals surface area contributed by atoms with Gasteiger partial charge in [-0.05, 0) is 114 Å². The summed E-state index contributed by atoms with van der Waals surface area (Å²) in [6.45, 7) is 12.6. The van der Waals surface area contributed by atoms with E-state index in [-0.39, 0.29) is 38.8 Å². The van der Waals surface area contributed by atoms with Gasteiger partial charge in [0.05, 0.1) is 23.7 Å². The lowest BCUT2D eigenvalue weighted by Crippen LogP contribution is -2.82. The van der Waals surface area contributed by atoms with Crippen LogP contribution in [0.2, 0.25) is 0 Å². The molecule has 7 rings (SSSR count). The summed E-state index contributed by atoms with van der Waals surface area (Å²) in [5.74, 6) is -1.73. The normalized spacial score (nSPS) is 14.2.